The summed E-state index contributed by atoms with van der Waals surface area (Å²) in [6.07, 6.45) is -3.90. The van der Waals surface area contributed by atoms with Crippen LogP contribution in [0.4, 0.5) is 17.6 Å². The van der Waals surface area contributed by atoms with Crippen molar-refractivity contribution in [2.24, 2.45) is 0 Å². The van der Waals surface area contributed by atoms with Crippen LogP contribution in [-0.2, 0) is 16.1 Å². The van der Waals surface area contributed by atoms with Gasteiger partial charge in [0.15, 0.2) is 6.33 Å². The second kappa shape index (κ2) is 9.31. The maximum absolute atomic E-state index is 13.5. The van der Waals surface area contributed by atoms with Crippen LogP contribution in [0.25, 0.3) is 11.4 Å². The number of rotatable bonds is 5. The van der Waals surface area contributed by atoms with Gasteiger partial charge < -0.3 is 15.5 Å². The highest BCUT2D eigenvalue weighted by Gasteiger charge is 2.38. The lowest BCUT2D eigenvalue weighted by molar-refractivity contribution is -0.192. The molecule has 140 valence electrons. The van der Waals surface area contributed by atoms with E-state index in [-0.39, 0.29) is 18.9 Å². The Hall–Kier alpha value is -3.22. The van der Waals surface area contributed by atoms with E-state index in [9.17, 15) is 22.4 Å². The first-order valence-electron chi connectivity index (χ1n) is 6.62. The molecule has 0 aliphatic heterocycles. The third kappa shape index (κ3) is 7.57. The first-order chi connectivity index (χ1) is 12.1. The molecule has 26 heavy (non-hydrogen) atoms. The molecule has 0 aliphatic carbocycles. The molecule has 1 heterocycles. The van der Waals surface area contributed by atoms with Crippen molar-refractivity contribution in [1.29, 1.82) is 0 Å². The van der Waals surface area contributed by atoms with E-state index in [0.29, 0.717) is 11.1 Å². The Morgan fingerprint density at radius 3 is 2.15 bits per heavy atom. The van der Waals surface area contributed by atoms with E-state index in [0.717, 1.165) is 0 Å². The molecule has 0 saturated heterocycles. The average Bonchev–Trinajstić information content (AvgIpc) is 2.54. The lowest BCUT2D eigenvalue weighted by Crippen LogP contribution is -2.21. The number of aromatic nitrogens is 4. The van der Waals surface area contributed by atoms with Crippen molar-refractivity contribution in [3.8, 4) is 11.4 Å². The van der Waals surface area contributed by atoms with Crippen molar-refractivity contribution in [3.05, 3.63) is 35.9 Å². The van der Waals surface area contributed by atoms with Gasteiger partial charge in [0.2, 0.25) is 5.82 Å². The van der Waals surface area contributed by atoms with Crippen LogP contribution in [-0.4, -0.2) is 55.3 Å². The van der Waals surface area contributed by atoms with Crippen molar-refractivity contribution in [1.82, 2.24) is 25.7 Å². The van der Waals surface area contributed by atoms with Crippen LogP contribution in [0.5, 0.6) is 0 Å². The van der Waals surface area contributed by atoms with E-state index in [2.05, 4.69) is 25.7 Å². The smallest absolute Gasteiger partial charge is 0.480 e. The van der Waals surface area contributed by atoms with Crippen molar-refractivity contribution >= 4 is 11.9 Å². The van der Waals surface area contributed by atoms with E-state index in [1.54, 1.807) is 6.07 Å². The summed E-state index contributed by atoms with van der Waals surface area (Å²) in [5, 5.41) is 32.9. The summed E-state index contributed by atoms with van der Waals surface area (Å²) in [6.45, 7) is 0.0293. The van der Waals surface area contributed by atoms with Gasteiger partial charge in [0.25, 0.3) is 0 Å². The molecule has 0 bridgehead atoms. The fourth-order valence-corrected chi connectivity index (χ4v) is 1.51. The van der Waals surface area contributed by atoms with Crippen molar-refractivity contribution in [2.45, 2.75) is 12.7 Å². The van der Waals surface area contributed by atoms with Gasteiger partial charge in [-0.1, -0.05) is 0 Å². The third-order valence-electron chi connectivity index (χ3n) is 2.47. The Morgan fingerprint density at radius 1 is 1.08 bits per heavy atom. The molecule has 0 spiro atoms. The molecule has 1 aromatic carbocycles. The Bertz CT molecular complexity index is 758. The average molecular weight is 377 g/mol. The first-order valence-corrected chi connectivity index (χ1v) is 6.62. The summed E-state index contributed by atoms with van der Waals surface area (Å²) in [5.41, 5.74) is 1.02. The highest BCUT2D eigenvalue weighted by molar-refractivity contribution is 5.73. The number of benzene rings is 1. The SMILES string of the molecule is O=C(O)C(F)(F)F.O=C(O)CNCc1cc(F)cc(-c2nncnn2)c1. The van der Waals surface area contributed by atoms with E-state index in [4.69, 9.17) is 15.0 Å². The van der Waals surface area contributed by atoms with Gasteiger partial charge in [-0.25, -0.2) is 9.18 Å². The summed E-state index contributed by atoms with van der Waals surface area (Å²) in [7, 11) is 0. The Balaban J connectivity index is 0.000000412. The highest BCUT2D eigenvalue weighted by Crippen LogP contribution is 2.17. The zero-order valence-electron chi connectivity index (χ0n) is 12.7. The second-order valence-corrected chi connectivity index (χ2v) is 4.52. The molecule has 9 nitrogen and oxygen atoms in total. The fraction of sp³-hybridized carbons (Fsp3) is 0.231. The summed E-state index contributed by atoms with van der Waals surface area (Å²) in [6, 6.07) is 4.22. The van der Waals surface area contributed by atoms with Gasteiger partial charge in [-0.05, 0) is 23.8 Å². The van der Waals surface area contributed by atoms with Crippen molar-refractivity contribution in [2.75, 3.05) is 6.54 Å². The molecule has 0 saturated carbocycles. The number of carbonyl (C=O) groups is 2. The van der Waals surface area contributed by atoms with Crippen LogP contribution in [0.3, 0.4) is 0 Å². The molecule has 2 aromatic rings. The largest absolute Gasteiger partial charge is 0.490 e. The van der Waals surface area contributed by atoms with Gasteiger partial charge in [-0.2, -0.15) is 13.2 Å². The molecule has 0 aliphatic rings. The predicted molar refractivity (Wildman–Crippen MR) is 76.0 cm³/mol. The monoisotopic (exact) mass is 377 g/mol. The van der Waals surface area contributed by atoms with Crippen LogP contribution < -0.4 is 5.32 Å². The van der Waals surface area contributed by atoms with Crippen LogP contribution in [0.15, 0.2) is 24.5 Å². The van der Waals surface area contributed by atoms with Gasteiger partial charge in [0.1, 0.15) is 5.82 Å². The standard InChI is InChI=1S/C11H10FN5O2.C2HF3O2/c12-9-2-7(4-13-5-10(18)19)1-8(3-9)11-16-14-6-15-17-11;3-2(4,5)1(6)7/h1-3,6,13H,4-5H2,(H,18,19);(H,6,7). The fourth-order valence-electron chi connectivity index (χ4n) is 1.51. The van der Waals surface area contributed by atoms with Crippen LogP contribution in [0.2, 0.25) is 0 Å². The minimum Gasteiger partial charge on any atom is -0.480 e. The summed E-state index contributed by atoms with van der Waals surface area (Å²) in [5.74, 6) is -3.98. The van der Waals surface area contributed by atoms with Gasteiger partial charge >= 0.3 is 18.1 Å². The van der Waals surface area contributed by atoms with Gasteiger partial charge in [-0.3, -0.25) is 4.79 Å². The molecule has 1 aromatic heterocycles. The Kier molecular flexibility index (Phi) is 7.46. The van der Waals surface area contributed by atoms with Crippen LogP contribution in [0.1, 0.15) is 5.56 Å². The lowest BCUT2D eigenvalue weighted by Gasteiger charge is -2.05. The van der Waals surface area contributed by atoms with Crippen LogP contribution >= 0.6 is 0 Å². The number of alkyl halides is 3. The minimum atomic E-state index is -5.08. The zero-order chi connectivity index (χ0) is 19.7. The Morgan fingerprint density at radius 2 is 1.65 bits per heavy atom. The molecule has 0 fully saturated rings. The zero-order valence-corrected chi connectivity index (χ0v) is 12.7. The molecule has 0 unspecified atom stereocenters. The number of nitrogens with one attached hydrogen (secondary N) is 1. The number of carboxylic acid groups (broad SMARTS) is 2. The molecule has 0 radical (unpaired) electrons. The van der Waals surface area contributed by atoms with E-state index >= 15 is 0 Å². The Labute approximate surface area is 142 Å². The molecule has 2 rings (SSSR count). The lowest BCUT2D eigenvalue weighted by atomic mass is 10.1. The predicted octanol–water partition coefficient (Wildman–Crippen LogP) is 0.880. The summed E-state index contributed by atoms with van der Waals surface area (Å²) >= 11 is 0. The van der Waals surface area contributed by atoms with Crippen molar-refractivity contribution in [3.63, 3.8) is 0 Å². The number of aliphatic carboxylic acids is 2. The quantitative estimate of drug-likeness (QED) is 0.648. The van der Waals surface area contributed by atoms with Gasteiger partial charge in [0.05, 0.1) is 6.54 Å². The van der Waals surface area contributed by atoms with Gasteiger partial charge in [0, 0.05) is 12.1 Å². The van der Waals surface area contributed by atoms with E-state index < -0.39 is 23.9 Å². The molecular weight excluding hydrogens is 366 g/mol. The highest BCUT2D eigenvalue weighted by atomic mass is 19.4. The van der Waals surface area contributed by atoms with E-state index in [1.165, 1.54) is 18.5 Å². The molecule has 0 atom stereocenters. The molecular formula is C13H11F4N5O4. The summed E-state index contributed by atoms with van der Waals surface area (Å²) in [4.78, 5) is 19.3. The normalized spacial score (nSPS) is 10.6. The maximum atomic E-state index is 13.5. The second-order valence-electron chi connectivity index (χ2n) is 4.52. The topological polar surface area (TPSA) is 138 Å². The minimum absolute atomic E-state index is 0.198. The number of halogens is 4. The van der Waals surface area contributed by atoms with Crippen molar-refractivity contribution < 1.29 is 37.4 Å². The number of hydrogen-bond donors (Lipinski definition) is 3. The molecule has 3 N–H and O–H groups in total. The van der Waals surface area contributed by atoms with Crippen LogP contribution in [0, 0.1) is 5.82 Å². The first kappa shape index (κ1) is 20.8. The summed E-state index contributed by atoms with van der Waals surface area (Å²) < 4.78 is 45.2. The molecule has 13 heteroatoms. The third-order valence-corrected chi connectivity index (χ3v) is 2.47. The number of hydrogen-bond acceptors (Lipinski definition) is 7. The molecule has 0 amide bonds. The number of carboxylic acids is 2. The van der Waals surface area contributed by atoms with Gasteiger partial charge in [-0.15, -0.1) is 20.4 Å². The van der Waals surface area contributed by atoms with E-state index in [1.807, 2.05) is 0 Å². The maximum Gasteiger partial charge on any atom is 0.490 e. The number of nitrogens with zero attached hydrogens (tertiary/aromatic N) is 4.